The van der Waals surface area contributed by atoms with Crippen molar-refractivity contribution in [2.75, 3.05) is 18.5 Å². The summed E-state index contributed by atoms with van der Waals surface area (Å²) in [6.45, 7) is 1.50. The summed E-state index contributed by atoms with van der Waals surface area (Å²) in [5, 5.41) is 3.02. The molecular formula is C19H19FN2O2. The summed E-state index contributed by atoms with van der Waals surface area (Å²) in [6.07, 6.45) is 6.18. The molecular weight excluding hydrogens is 307 g/mol. The number of hydrogen-bond donors (Lipinski definition) is 1. The maximum Gasteiger partial charge on any atom is 0.228 e. The normalized spacial score (nSPS) is 21.5. The van der Waals surface area contributed by atoms with Gasteiger partial charge in [0.25, 0.3) is 0 Å². The molecule has 1 amide bonds. The molecule has 124 valence electrons. The number of rotatable bonds is 3. The summed E-state index contributed by atoms with van der Waals surface area (Å²) in [4.78, 5) is 16.8. The van der Waals surface area contributed by atoms with Crippen LogP contribution in [0.25, 0.3) is 11.1 Å². The van der Waals surface area contributed by atoms with Crippen molar-refractivity contribution in [3.8, 4) is 11.1 Å². The van der Waals surface area contributed by atoms with E-state index in [9.17, 15) is 9.18 Å². The minimum absolute atomic E-state index is 0.0493. The van der Waals surface area contributed by atoms with Gasteiger partial charge in [0, 0.05) is 30.9 Å². The van der Waals surface area contributed by atoms with Gasteiger partial charge < -0.3 is 10.1 Å². The summed E-state index contributed by atoms with van der Waals surface area (Å²) in [5.74, 6) is -0.172. The number of anilines is 1. The Hall–Kier alpha value is -2.27. The van der Waals surface area contributed by atoms with Crippen molar-refractivity contribution in [2.45, 2.75) is 19.3 Å². The standard InChI is InChI=1S/C19H19FN2O2/c20-14-3-1-13(2-4-14)15-5-8-21-12-17(15)22-18(23)16-11-19(16)6-9-24-10-7-19/h1-5,8,12,16H,6-7,9-11H2,(H,22,23). The third kappa shape index (κ3) is 2.80. The molecule has 1 spiro atoms. The number of halogens is 1. The van der Waals surface area contributed by atoms with E-state index in [-0.39, 0.29) is 23.1 Å². The average Bonchev–Trinajstić information content (AvgIpc) is 3.30. The molecule has 1 aliphatic carbocycles. The number of pyridine rings is 1. The number of amides is 1. The van der Waals surface area contributed by atoms with Gasteiger partial charge in [-0.15, -0.1) is 0 Å². The quantitative estimate of drug-likeness (QED) is 0.937. The lowest BCUT2D eigenvalue weighted by Gasteiger charge is -2.22. The highest BCUT2D eigenvalue weighted by molar-refractivity contribution is 5.98. The van der Waals surface area contributed by atoms with Gasteiger partial charge in [-0.3, -0.25) is 9.78 Å². The third-order valence-electron chi connectivity index (χ3n) is 5.23. The van der Waals surface area contributed by atoms with Crippen LogP contribution in [-0.4, -0.2) is 24.1 Å². The molecule has 0 bridgehead atoms. The van der Waals surface area contributed by atoms with Gasteiger partial charge in [-0.1, -0.05) is 12.1 Å². The summed E-state index contributed by atoms with van der Waals surface area (Å²) in [6, 6.07) is 8.08. The molecule has 1 aromatic carbocycles. The molecule has 4 nitrogen and oxygen atoms in total. The fourth-order valence-electron chi connectivity index (χ4n) is 3.64. The zero-order valence-electron chi connectivity index (χ0n) is 13.3. The number of carbonyl (C=O) groups is 1. The molecule has 4 rings (SSSR count). The van der Waals surface area contributed by atoms with Crippen LogP contribution in [0.3, 0.4) is 0 Å². The van der Waals surface area contributed by atoms with Gasteiger partial charge in [0.2, 0.25) is 5.91 Å². The monoisotopic (exact) mass is 326 g/mol. The molecule has 1 unspecified atom stereocenters. The molecule has 24 heavy (non-hydrogen) atoms. The first-order chi connectivity index (χ1) is 11.7. The first-order valence-corrected chi connectivity index (χ1v) is 8.27. The zero-order chi connectivity index (χ0) is 16.6. The predicted molar refractivity (Wildman–Crippen MR) is 88.9 cm³/mol. The highest BCUT2D eigenvalue weighted by Crippen LogP contribution is 2.59. The van der Waals surface area contributed by atoms with Crippen LogP contribution in [0.4, 0.5) is 10.1 Å². The molecule has 0 radical (unpaired) electrons. The fraction of sp³-hybridized carbons (Fsp3) is 0.368. The number of hydrogen-bond acceptors (Lipinski definition) is 3. The number of carbonyl (C=O) groups excluding carboxylic acids is 1. The number of nitrogens with zero attached hydrogens (tertiary/aromatic N) is 1. The molecule has 1 aromatic heterocycles. The van der Waals surface area contributed by atoms with Gasteiger partial charge in [0.1, 0.15) is 5.82 Å². The first kappa shape index (κ1) is 15.3. The van der Waals surface area contributed by atoms with Gasteiger partial charge in [-0.25, -0.2) is 4.39 Å². The van der Waals surface area contributed by atoms with Crippen molar-refractivity contribution in [3.05, 3.63) is 48.5 Å². The van der Waals surface area contributed by atoms with Crippen LogP contribution in [0.2, 0.25) is 0 Å². The van der Waals surface area contributed by atoms with E-state index in [4.69, 9.17) is 4.74 Å². The van der Waals surface area contributed by atoms with Crippen LogP contribution in [0.15, 0.2) is 42.7 Å². The Bertz CT molecular complexity index is 754. The van der Waals surface area contributed by atoms with E-state index in [0.717, 1.165) is 43.6 Å². The van der Waals surface area contributed by atoms with Crippen LogP contribution < -0.4 is 5.32 Å². The van der Waals surface area contributed by atoms with Crippen LogP contribution in [0.1, 0.15) is 19.3 Å². The van der Waals surface area contributed by atoms with Crippen molar-refractivity contribution in [1.82, 2.24) is 4.98 Å². The Labute approximate surface area is 140 Å². The van der Waals surface area contributed by atoms with E-state index in [0.29, 0.717) is 5.69 Å². The van der Waals surface area contributed by atoms with Crippen molar-refractivity contribution in [2.24, 2.45) is 11.3 Å². The summed E-state index contributed by atoms with van der Waals surface area (Å²) in [7, 11) is 0. The fourth-order valence-corrected chi connectivity index (χ4v) is 3.64. The first-order valence-electron chi connectivity index (χ1n) is 8.27. The maximum atomic E-state index is 13.1. The highest BCUT2D eigenvalue weighted by Gasteiger charge is 2.58. The molecule has 2 fully saturated rings. The zero-order valence-corrected chi connectivity index (χ0v) is 13.3. The van der Waals surface area contributed by atoms with E-state index in [2.05, 4.69) is 10.3 Å². The number of benzene rings is 1. The molecule has 2 aliphatic rings. The lowest BCUT2D eigenvalue weighted by Crippen LogP contribution is -2.24. The Kier molecular flexibility index (Phi) is 3.81. The second-order valence-corrected chi connectivity index (χ2v) is 6.65. The average molecular weight is 326 g/mol. The SMILES string of the molecule is O=C(Nc1cnccc1-c1ccc(F)cc1)C1CC12CCOCC2. The van der Waals surface area contributed by atoms with Gasteiger partial charge in [0.15, 0.2) is 0 Å². The van der Waals surface area contributed by atoms with E-state index >= 15 is 0 Å². The van der Waals surface area contributed by atoms with Crippen LogP contribution in [0, 0.1) is 17.2 Å². The Morgan fingerprint density at radius 3 is 2.71 bits per heavy atom. The topological polar surface area (TPSA) is 51.2 Å². The maximum absolute atomic E-state index is 13.1. The summed E-state index contributed by atoms with van der Waals surface area (Å²) >= 11 is 0. The Morgan fingerprint density at radius 2 is 1.96 bits per heavy atom. The van der Waals surface area contributed by atoms with Gasteiger partial charge in [0.05, 0.1) is 11.9 Å². The number of ether oxygens (including phenoxy) is 1. The van der Waals surface area contributed by atoms with Gasteiger partial charge in [-0.05, 0) is 48.4 Å². The van der Waals surface area contributed by atoms with E-state index < -0.39 is 0 Å². The molecule has 2 heterocycles. The van der Waals surface area contributed by atoms with Crippen molar-refractivity contribution in [1.29, 1.82) is 0 Å². The second kappa shape index (κ2) is 5.98. The van der Waals surface area contributed by atoms with E-state index in [1.54, 1.807) is 24.5 Å². The van der Waals surface area contributed by atoms with Gasteiger partial charge >= 0.3 is 0 Å². The van der Waals surface area contributed by atoms with E-state index in [1.807, 2.05) is 6.07 Å². The van der Waals surface area contributed by atoms with Crippen molar-refractivity contribution >= 4 is 11.6 Å². The summed E-state index contributed by atoms with van der Waals surface area (Å²) in [5.41, 5.74) is 2.51. The van der Waals surface area contributed by atoms with Crippen LogP contribution >= 0.6 is 0 Å². The number of nitrogens with one attached hydrogen (secondary N) is 1. The Balaban J connectivity index is 1.53. The summed E-state index contributed by atoms with van der Waals surface area (Å²) < 4.78 is 18.5. The molecule has 1 saturated heterocycles. The second-order valence-electron chi connectivity index (χ2n) is 6.65. The highest BCUT2D eigenvalue weighted by atomic mass is 19.1. The van der Waals surface area contributed by atoms with Crippen molar-refractivity contribution in [3.63, 3.8) is 0 Å². The largest absolute Gasteiger partial charge is 0.381 e. The number of aromatic nitrogens is 1. The molecule has 1 N–H and O–H groups in total. The van der Waals surface area contributed by atoms with Crippen LogP contribution in [0.5, 0.6) is 0 Å². The predicted octanol–water partition coefficient (Wildman–Crippen LogP) is 3.64. The lowest BCUT2D eigenvalue weighted by atomic mass is 9.93. The molecule has 1 atom stereocenters. The third-order valence-corrected chi connectivity index (χ3v) is 5.23. The smallest absolute Gasteiger partial charge is 0.228 e. The minimum Gasteiger partial charge on any atom is -0.381 e. The van der Waals surface area contributed by atoms with E-state index in [1.165, 1.54) is 12.1 Å². The minimum atomic E-state index is -0.280. The van der Waals surface area contributed by atoms with Crippen LogP contribution in [-0.2, 0) is 9.53 Å². The molecule has 2 aromatic rings. The molecule has 5 heteroatoms. The molecule has 1 saturated carbocycles. The van der Waals surface area contributed by atoms with Gasteiger partial charge in [-0.2, -0.15) is 0 Å². The lowest BCUT2D eigenvalue weighted by molar-refractivity contribution is -0.118. The Morgan fingerprint density at radius 1 is 1.21 bits per heavy atom. The molecule has 1 aliphatic heterocycles. The van der Waals surface area contributed by atoms with Crippen molar-refractivity contribution < 1.29 is 13.9 Å².